The van der Waals surface area contributed by atoms with Gasteiger partial charge in [-0.1, -0.05) is 6.07 Å². The normalized spacial score (nSPS) is 12.5. The monoisotopic (exact) mass is 334 g/mol. The second-order valence-corrected chi connectivity index (χ2v) is 4.68. The van der Waals surface area contributed by atoms with Gasteiger partial charge in [-0.25, -0.2) is 17.6 Å². The van der Waals surface area contributed by atoms with Gasteiger partial charge in [-0.3, -0.25) is 0 Å². The van der Waals surface area contributed by atoms with Crippen LogP contribution >= 0.6 is 15.9 Å². The van der Waals surface area contributed by atoms with Crippen LogP contribution in [0.3, 0.4) is 0 Å². The van der Waals surface area contributed by atoms with E-state index < -0.39 is 40.5 Å². The summed E-state index contributed by atoms with van der Waals surface area (Å²) in [5.41, 5.74) is -1.26. The van der Waals surface area contributed by atoms with Crippen LogP contribution in [-0.2, 0) is 0 Å². The summed E-state index contributed by atoms with van der Waals surface area (Å²) in [5.74, 6) is -3.87. The smallest absolute Gasteiger partial charge is 0.137 e. The molecule has 19 heavy (non-hydrogen) atoms. The van der Waals surface area contributed by atoms with Crippen molar-refractivity contribution in [3.63, 3.8) is 0 Å². The highest BCUT2D eigenvalue weighted by molar-refractivity contribution is 9.10. The van der Waals surface area contributed by atoms with Gasteiger partial charge in [0.25, 0.3) is 0 Å². The average molecular weight is 335 g/mol. The van der Waals surface area contributed by atoms with Crippen molar-refractivity contribution in [1.82, 2.24) is 0 Å². The van der Waals surface area contributed by atoms with Gasteiger partial charge in [0.05, 0.1) is 10.0 Å². The Morgan fingerprint density at radius 3 is 2.05 bits per heavy atom. The van der Waals surface area contributed by atoms with E-state index in [1.807, 2.05) is 0 Å². The van der Waals surface area contributed by atoms with Crippen molar-refractivity contribution >= 4 is 15.9 Å². The van der Waals surface area contributed by atoms with Gasteiger partial charge >= 0.3 is 0 Å². The molecule has 0 bridgehead atoms. The molecule has 100 valence electrons. The summed E-state index contributed by atoms with van der Waals surface area (Å²) in [4.78, 5) is 0. The molecule has 0 saturated heterocycles. The van der Waals surface area contributed by atoms with Crippen molar-refractivity contribution in [3.05, 3.63) is 69.2 Å². The van der Waals surface area contributed by atoms with Crippen LogP contribution in [0.4, 0.5) is 17.6 Å². The predicted octanol–water partition coefficient (Wildman–Crippen LogP) is 4.09. The Labute approximate surface area is 114 Å². The van der Waals surface area contributed by atoms with Crippen LogP contribution in [0.5, 0.6) is 0 Å². The van der Waals surface area contributed by atoms with E-state index in [-0.39, 0.29) is 4.47 Å². The Kier molecular flexibility index (Phi) is 3.91. The van der Waals surface area contributed by atoms with Crippen LogP contribution in [0.25, 0.3) is 0 Å². The van der Waals surface area contributed by atoms with E-state index >= 15 is 0 Å². The highest BCUT2D eigenvalue weighted by Gasteiger charge is 2.23. The summed E-state index contributed by atoms with van der Waals surface area (Å²) in [7, 11) is 0. The van der Waals surface area contributed by atoms with Gasteiger partial charge in [-0.05, 0) is 40.2 Å². The van der Waals surface area contributed by atoms with Gasteiger partial charge < -0.3 is 5.11 Å². The molecule has 6 heteroatoms. The van der Waals surface area contributed by atoms with E-state index in [0.29, 0.717) is 6.07 Å². The van der Waals surface area contributed by atoms with E-state index in [2.05, 4.69) is 15.9 Å². The molecule has 0 heterocycles. The Balaban J connectivity index is 2.56. The Hall–Kier alpha value is -1.40. The molecule has 0 fully saturated rings. The van der Waals surface area contributed by atoms with Crippen LogP contribution in [0.15, 0.2) is 34.8 Å². The maximum Gasteiger partial charge on any atom is 0.137 e. The fourth-order valence-electron chi connectivity index (χ4n) is 1.67. The van der Waals surface area contributed by atoms with E-state index in [9.17, 15) is 22.7 Å². The molecule has 0 aliphatic rings. The molecule has 0 aliphatic carbocycles. The van der Waals surface area contributed by atoms with Crippen molar-refractivity contribution in [3.8, 4) is 0 Å². The molecule has 1 N–H and O–H groups in total. The molecule has 2 aromatic rings. The average Bonchev–Trinajstić information content (AvgIpc) is 2.33. The molecule has 1 nitrogen and oxygen atoms in total. The number of aliphatic hydroxyl groups excluding tert-OH is 1. The molecule has 0 aromatic heterocycles. The fraction of sp³-hybridized carbons (Fsp3) is 0.0769. The summed E-state index contributed by atoms with van der Waals surface area (Å²) in [6.07, 6.45) is -1.93. The molecule has 0 spiro atoms. The molecule has 0 radical (unpaired) electrons. The van der Waals surface area contributed by atoms with Crippen LogP contribution in [-0.4, -0.2) is 5.11 Å². The third-order valence-corrected chi connectivity index (χ3v) is 3.22. The van der Waals surface area contributed by atoms with Crippen LogP contribution in [0.1, 0.15) is 17.2 Å². The molecule has 0 amide bonds. The second-order valence-electron chi connectivity index (χ2n) is 3.83. The predicted molar refractivity (Wildman–Crippen MR) is 64.5 cm³/mol. The van der Waals surface area contributed by atoms with E-state index in [1.165, 1.54) is 0 Å². The van der Waals surface area contributed by atoms with Gasteiger partial charge in [0.2, 0.25) is 0 Å². The maximum absolute atomic E-state index is 13.6. The first kappa shape index (κ1) is 14.0. The lowest BCUT2D eigenvalue weighted by Crippen LogP contribution is -2.08. The summed E-state index contributed by atoms with van der Waals surface area (Å²) in [6.45, 7) is 0. The van der Waals surface area contributed by atoms with Gasteiger partial charge in [0.1, 0.15) is 29.4 Å². The summed E-state index contributed by atoms with van der Waals surface area (Å²) < 4.78 is 53.8. The third-order valence-electron chi connectivity index (χ3n) is 2.61. The highest BCUT2D eigenvalue weighted by atomic mass is 79.9. The number of hydrogen-bond donors (Lipinski definition) is 1. The van der Waals surface area contributed by atoms with E-state index in [0.717, 1.165) is 24.3 Å². The molecule has 1 atom stereocenters. The van der Waals surface area contributed by atoms with Gasteiger partial charge in [0.15, 0.2) is 0 Å². The number of halogens is 5. The van der Waals surface area contributed by atoms with Gasteiger partial charge in [-0.15, -0.1) is 0 Å². The first-order chi connectivity index (χ1) is 8.91. The molecule has 2 aromatic carbocycles. The Morgan fingerprint density at radius 1 is 0.895 bits per heavy atom. The zero-order chi connectivity index (χ0) is 14.2. The van der Waals surface area contributed by atoms with Crippen LogP contribution < -0.4 is 0 Å². The minimum Gasteiger partial charge on any atom is -0.383 e. The second kappa shape index (κ2) is 5.30. The SMILES string of the molecule is OC(c1cc(F)c(Br)cc1F)c1c(F)cccc1F. The number of rotatable bonds is 2. The molecule has 0 saturated carbocycles. The molecule has 1 unspecified atom stereocenters. The molecular weight excluding hydrogens is 328 g/mol. The number of benzene rings is 2. The minimum absolute atomic E-state index is 0.144. The van der Waals surface area contributed by atoms with Crippen LogP contribution in [0, 0.1) is 23.3 Å². The fourth-order valence-corrected chi connectivity index (χ4v) is 1.99. The lowest BCUT2D eigenvalue weighted by Gasteiger charge is -2.14. The topological polar surface area (TPSA) is 20.2 Å². The molecule has 2 rings (SSSR count). The highest BCUT2D eigenvalue weighted by Crippen LogP contribution is 2.31. The lowest BCUT2D eigenvalue weighted by molar-refractivity contribution is 0.203. The molecule has 0 aliphatic heterocycles. The number of hydrogen-bond acceptors (Lipinski definition) is 1. The van der Waals surface area contributed by atoms with E-state index in [1.54, 1.807) is 0 Å². The Morgan fingerprint density at radius 2 is 1.47 bits per heavy atom. The van der Waals surface area contributed by atoms with Crippen molar-refractivity contribution in [2.24, 2.45) is 0 Å². The third kappa shape index (κ3) is 2.64. The van der Waals surface area contributed by atoms with Crippen molar-refractivity contribution in [1.29, 1.82) is 0 Å². The zero-order valence-electron chi connectivity index (χ0n) is 9.30. The minimum atomic E-state index is -1.93. The summed E-state index contributed by atoms with van der Waals surface area (Å²) in [5, 5.41) is 9.85. The van der Waals surface area contributed by atoms with Gasteiger partial charge in [0, 0.05) is 5.56 Å². The summed E-state index contributed by atoms with van der Waals surface area (Å²) in [6, 6.07) is 4.44. The first-order valence-electron chi connectivity index (χ1n) is 5.18. The zero-order valence-corrected chi connectivity index (χ0v) is 10.9. The largest absolute Gasteiger partial charge is 0.383 e. The van der Waals surface area contributed by atoms with Crippen molar-refractivity contribution < 1.29 is 22.7 Å². The lowest BCUT2D eigenvalue weighted by atomic mass is 10.00. The molecular formula is C13H7BrF4O. The number of aliphatic hydroxyl groups is 1. The first-order valence-corrected chi connectivity index (χ1v) is 5.97. The quantitative estimate of drug-likeness (QED) is 0.648. The van der Waals surface area contributed by atoms with Crippen molar-refractivity contribution in [2.75, 3.05) is 0 Å². The summed E-state index contributed by atoms with van der Waals surface area (Å²) >= 11 is 2.77. The van der Waals surface area contributed by atoms with E-state index in [4.69, 9.17) is 0 Å². The Bertz CT molecular complexity index is 610. The standard InChI is InChI=1S/C13H7BrF4O/c14-7-5-10(17)6(4-11(7)18)13(19)12-8(15)2-1-3-9(12)16/h1-5,13,19H. The van der Waals surface area contributed by atoms with Gasteiger partial charge in [-0.2, -0.15) is 0 Å². The van der Waals surface area contributed by atoms with Crippen molar-refractivity contribution in [2.45, 2.75) is 6.10 Å². The van der Waals surface area contributed by atoms with Crippen LogP contribution in [0.2, 0.25) is 0 Å². The maximum atomic E-state index is 13.6.